The molecular weight excluding hydrogens is 364 g/mol. The van der Waals surface area contributed by atoms with Crippen molar-refractivity contribution < 1.29 is 0 Å². The molecule has 5 heteroatoms. The molecule has 0 aliphatic rings. The molecule has 2 aromatic rings. The first-order chi connectivity index (χ1) is 8.11. The lowest BCUT2D eigenvalue weighted by Gasteiger charge is -2.17. The summed E-state index contributed by atoms with van der Waals surface area (Å²) in [5, 5.41) is 4.16. The topological polar surface area (TPSA) is 38.0 Å². The van der Waals surface area contributed by atoms with E-state index in [-0.39, 0.29) is 6.04 Å². The fourth-order valence-corrected chi connectivity index (χ4v) is 3.97. The Morgan fingerprint density at radius 3 is 2.53 bits per heavy atom. The Labute approximate surface area is 121 Å². The minimum absolute atomic E-state index is 0.00632. The third-order valence-corrected chi connectivity index (χ3v) is 4.73. The first kappa shape index (κ1) is 13.2. The first-order valence-electron chi connectivity index (χ1n) is 5.06. The number of aryl methyl sites for hydroxylation is 1. The van der Waals surface area contributed by atoms with Crippen LogP contribution in [-0.2, 0) is 0 Å². The van der Waals surface area contributed by atoms with Crippen molar-refractivity contribution in [3.8, 4) is 0 Å². The zero-order chi connectivity index (χ0) is 12.4. The number of thiophene rings is 1. The van der Waals surface area contributed by atoms with Crippen LogP contribution in [0.1, 0.15) is 22.7 Å². The standard InChI is InChI=1S/C12H12Br2N2S/c1-7-2-8(4-9(13)3-7)12(16-15)10-5-17-6-11(10)14/h2-6,12,16H,15H2,1H3. The van der Waals surface area contributed by atoms with E-state index in [9.17, 15) is 0 Å². The number of hydrogen-bond acceptors (Lipinski definition) is 3. The Kier molecular flexibility index (Phi) is 4.38. The Hall–Kier alpha value is -0.200. The Bertz CT molecular complexity index is 505. The molecule has 0 fully saturated rings. The molecule has 3 N–H and O–H groups in total. The highest BCUT2D eigenvalue weighted by atomic mass is 79.9. The van der Waals surface area contributed by atoms with Gasteiger partial charge in [-0.05, 0) is 57.1 Å². The maximum Gasteiger partial charge on any atom is 0.0729 e. The number of nitrogens with two attached hydrogens (primary N) is 1. The largest absolute Gasteiger partial charge is 0.271 e. The molecule has 0 aliphatic carbocycles. The van der Waals surface area contributed by atoms with E-state index in [2.05, 4.69) is 73.2 Å². The van der Waals surface area contributed by atoms with Gasteiger partial charge in [0.2, 0.25) is 0 Å². The summed E-state index contributed by atoms with van der Waals surface area (Å²) in [6.45, 7) is 2.07. The van der Waals surface area contributed by atoms with Crippen LogP contribution in [0.15, 0.2) is 37.9 Å². The molecule has 0 saturated heterocycles. The number of benzene rings is 1. The van der Waals surface area contributed by atoms with E-state index in [1.54, 1.807) is 11.3 Å². The molecule has 0 amide bonds. The highest BCUT2D eigenvalue weighted by Gasteiger charge is 2.16. The Morgan fingerprint density at radius 1 is 1.24 bits per heavy atom. The van der Waals surface area contributed by atoms with Gasteiger partial charge in [0.25, 0.3) is 0 Å². The lowest BCUT2D eigenvalue weighted by atomic mass is 10.0. The predicted octanol–water partition coefficient (Wildman–Crippen LogP) is 4.13. The molecule has 1 heterocycles. The van der Waals surface area contributed by atoms with Crippen LogP contribution >= 0.6 is 43.2 Å². The lowest BCUT2D eigenvalue weighted by molar-refractivity contribution is 0.636. The van der Waals surface area contributed by atoms with Crippen molar-refractivity contribution in [2.45, 2.75) is 13.0 Å². The SMILES string of the molecule is Cc1cc(Br)cc(C(NN)c2cscc2Br)c1. The average molecular weight is 376 g/mol. The maximum atomic E-state index is 5.68. The van der Waals surface area contributed by atoms with Gasteiger partial charge in [0.05, 0.1) is 6.04 Å². The summed E-state index contributed by atoms with van der Waals surface area (Å²) in [7, 11) is 0. The molecule has 2 nitrogen and oxygen atoms in total. The molecular formula is C12H12Br2N2S. The fourth-order valence-electron chi connectivity index (χ4n) is 1.79. The zero-order valence-electron chi connectivity index (χ0n) is 9.21. The van der Waals surface area contributed by atoms with Gasteiger partial charge in [-0.15, -0.1) is 0 Å². The number of rotatable bonds is 3. The molecule has 1 aromatic carbocycles. The predicted molar refractivity (Wildman–Crippen MR) is 80.1 cm³/mol. The summed E-state index contributed by atoms with van der Waals surface area (Å²) in [6.07, 6.45) is 0. The van der Waals surface area contributed by atoms with Crippen molar-refractivity contribution >= 4 is 43.2 Å². The summed E-state index contributed by atoms with van der Waals surface area (Å²) in [6, 6.07) is 6.31. The molecule has 0 aliphatic heterocycles. The number of hydrogen-bond donors (Lipinski definition) is 2. The number of nitrogens with one attached hydrogen (secondary N) is 1. The summed E-state index contributed by atoms with van der Waals surface area (Å²) in [5.41, 5.74) is 6.39. The van der Waals surface area contributed by atoms with Crippen LogP contribution < -0.4 is 11.3 Å². The number of hydrazine groups is 1. The zero-order valence-corrected chi connectivity index (χ0v) is 13.2. The second-order valence-corrected chi connectivity index (χ2v) is 6.35. The maximum absolute atomic E-state index is 5.68. The van der Waals surface area contributed by atoms with Crippen molar-refractivity contribution in [3.05, 3.63) is 54.6 Å². The van der Waals surface area contributed by atoms with Gasteiger partial charge < -0.3 is 0 Å². The minimum Gasteiger partial charge on any atom is -0.271 e. The molecule has 90 valence electrons. The Balaban J connectivity index is 2.45. The molecule has 17 heavy (non-hydrogen) atoms. The highest BCUT2D eigenvalue weighted by molar-refractivity contribution is 9.10. The molecule has 1 unspecified atom stereocenters. The van der Waals surface area contributed by atoms with Gasteiger partial charge in [0.1, 0.15) is 0 Å². The molecule has 1 aromatic heterocycles. The molecule has 0 spiro atoms. The van der Waals surface area contributed by atoms with E-state index >= 15 is 0 Å². The summed E-state index contributed by atoms with van der Waals surface area (Å²) in [5.74, 6) is 5.68. The molecule has 2 rings (SSSR count). The van der Waals surface area contributed by atoms with Gasteiger partial charge in [-0.3, -0.25) is 5.84 Å². The second-order valence-electron chi connectivity index (χ2n) is 3.84. The van der Waals surface area contributed by atoms with Crippen molar-refractivity contribution in [1.29, 1.82) is 0 Å². The van der Waals surface area contributed by atoms with Crippen molar-refractivity contribution in [1.82, 2.24) is 5.43 Å². The van der Waals surface area contributed by atoms with Crippen LogP contribution in [0.25, 0.3) is 0 Å². The third kappa shape index (κ3) is 2.98. The summed E-state index contributed by atoms with van der Waals surface area (Å²) in [4.78, 5) is 0. The van der Waals surface area contributed by atoms with E-state index in [1.807, 2.05) is 0 Å². The van der Waals surface area contributed by atoms with Crippen LogP contribution in [0.3, 0.4) is 0 Å². The van der Waals surface area contributed by atoms with E-state index in [1.165, 1.54) is 5.56 Å². The first-order valence-corrected chi connectivity index (χ1v) is 7.59. The van der Waals surface area contributed by atoms with Crippen LogP contribution in [0.5, 0.6) is 0 Å². The van der Waals surface area contributed by atoms with Gasteiger partial charge >= 0.3 is 0 Å². The molecule has 0 radical (unpaired) electrons. The van der Waals surface area contributed by atoms with Gasteiger partial charge in [-0.2, -0.15) is 11.3 Å². The van der Waals surface area contributed by atoms with Crippen LogP contribution in [0, 0.1) is 6.92 Å². The lowest BCUT2D eigenvalue weighted by Crippen LogP contribution is -2.28. The normalized spacial score (nSPS) is 12.7. The Morgan fingerprint density at radius 2 is 2.00 bits per heavy atom. The summed E-state index contributed by atoms with van der Waals surface area (Å²) < 4.78 is 2.15. The van der Waals surface area contributed by atoms with Crippen LogP contribution in [0.2, 0.25) is 0 Å². The monoisotopic (exact) mass is 374 g/mol. The van der Waals surface area contributed by atoms with Crippen molar-refractivity contribution in [2.24, 2.45) is 5.84 Å². The van der Waals surface area contributed by atoms with Gasteiger partial charge in [0.15, 0.2) is 0 Å². The molecule has 1 atom stereocenters. The van der Waals surface area contributed by atoms with E-state index in [0.717, 1.165) is 20.1 Å². The van der Waals surface area contributed by atoms with E-state index < -0.39 is 0 Å². The minimum atomic E-state index is 0.00632. The number of halogens is 2. The van der Waals surface area contributed by atoms with Gasteiger partial charge in [-0.1, -0.05) is 22.0 Å². The highest BCUT2D eigenvalue weighted by Crippen LogP contribution is 2.32. The quantitative estimate of drug-likeness (QED) is 0.625. The van der Waals surface area contributed by atoms with Crippen LogP contribution in [0.4, 0.5) is 0 Å². The molecule has 0 bridgehead atoms. The van der Waals surface area contributed by atoms with E-state index in [0.29, 0.717) is 0 Å². The van der Waals surface area contributed by atoms with Crippen molar-refractivity contribution in [2.75, 3.05) is 0 Å². The third-order valence-electron chi connectivity index (χ3n) is 2.52. The second kappa shape index (κ2) is 5.63. The van der Waals surface area contributed by atoms with Gasteiger partial charge in [0, 0.05) is 14.3 Å². The van der Waals surface area contributed by atoms with Gasteiger partial charge in [-0.25, -0.2) is 5.43 Å². The average Bonchev–Trinajstić information content (AvgIpc) is 2.65. The molecule has 0 saturated carbocycles. The summed E-state index contributed by atoms with van der Waals surface area (Å²) >= 11 is 8.72. The van der Waals surface area contributed by atoms with Crippen LogP contribution in [-0.4, -0.2) is 0 Å². The van der Waals surface area contributed by atoms with Crippen molar-refractivity contribution in [3.63, 3.8) is 0 Å². The van der Waals surface area contributed by atoms with E-state index in [4.69, 9.17) is 5.84 Å². The fraction of sp³-hybridized carbons (Fsp3) is 0.167. The smallest absolute Gasteiger partial charge is 0.0729 e.